The van der Waals surface area contributed by atoms with Crippen LogP contribution in [0.15, 0.2) is 12.1 Å². The van der Waals surface area contributed by atoms with E-state index in [1.165, 1.54) is 0 Å². The number of hydrogen-bond donors (Lipinski definition) is 2. The third kappa shape index (κ3) is 1.90. The van der Waals surface area contributed by atoms with Crippen molar-refractivity contribution in [3.8, 4) is 5.75 Å². The monoisotopic (exact) mass is 193 g/mol. The highest BCUT2D eigenvalue weighted by molar-refractivity contribution is 5.46. The average Bonchev–Trinajstić information content (AvgIpc) is 2.17. The molecule has 1 rings (SSSR count). The molecule has 0 unspecified atom stereocenters. The van der Waals surface area contributed by atoms with Crippen molar-refractivity contribution in [2.45, 2.75) is 39.7 Å². The summed E-state index contributed by atoms with van der Waals surface area (Å²) in [5, 5.41) is 9.94. The minimum atomic E-state index is 0.390. The lowest BCUT2D eigenvalue weighted by Gasteiger charge is -2.15. The maximum absolute atomic E-state index is 9.94. The summed E-state index contributed by atoms with van der Waals surface area (Å²) in [6.07, 6.45) is 0.844. The normalized spacial score (nSPS) is 10.9. The van der Waals surface area contributed by atoms with Gasteiger partial charge in [-0.3, -0.25) is 0 Å². The molecule has 78 valence electrons. The van der Waals surface area contributed by atoms with Crippen LogP contribution in [-0.4, -0.2) is 5.11 Å². The topological polar surface area (TPSA) is 46.2 Å². The summed E-state index contributed by atoms with van der Waals surface area (Å²) in [5.41, 5.74) is 8.69. The maximum atomic E-state index is 9.94. The Morgan fingerprint density at radius 3 is 2.43 bits per heavy atom. The maximum Gasteiger partial charge on any atom is 0.123 e. The summed E-state index contributed by atoms with van der Waals surface area (Å²) in [6, 6.07) is 4.06. The highest BCUT2D eigenvalue weighted by atomic mass is 16.3. The Morgan fingerprint density at radius 2 is 2.00 bits per heavy atom. The summed E-state index contributed by atoms with van der Waals surface area (Å²) in [7, 11) is 0. The molecule has 0 aromatic heterocycles. The lowest BCUT2D eigenvalue weighted by Crippen LogP contribution is -2.04. The fourth-order valence-corrected chi connectivity index (χ4v) is 1.74. The molecule has 0 aliphatic rings. The third-order valence-corrected chi connectivity index (χ3v) is 2.61. The van der Waals surface area contributed by atoms with Gasteiger partial charge in [0.25, 0.3) is 0 Å². The summed E-state index contributed by atoms with van der Waals surface area (Å²) < 4.78 is 0. The van der Waals surface area contributed by atoms with Crippen molar-refractivity contribution < 1.29 is 5.11 Å². The van der Waals surface area contributed by atoms with Crippen LogP contribution in [0.3, 0.4) is 0 Å². The summed E-state index contributed by atoms with van der Waals surface area (Å²) in [4.78, 5) is 0. The molecule has 0 aliphatic carbocycles. The molecule has 0 spiro atoms. The van der Waals surface area contributed by atoms with Gasteiger partial charge in [-0.15, -0.1) is 0 Å². The lowest BCUT2D eigenvalue weighted by atomic mass is 9.93. The first kappa shape index (κ1) is 11.1. The van der Waals surface area contributed by atoms with Crippen molar-refractivity contribution in [2.24, 2.45) is 5.73 Å². The molecule has 14 heavy (non-hydrogen) atoms. The molecule has 0 saturated carbocycles. The van der Waals surface area contributed by atoms with E-state index in [1.807, 2.05) is 13.0 Å². The van der Waals surface area contributed by atoms with Crippen molar-refractivity contribution >= 4 is 0 Å². The number of aryl methyl sites for hydroxylation is 1. The highest BCUT2D eigenvalue weighted by Gasteiger charge is 2.12. The number of benzene rings is 1. The van der Waals surface area contributed by atoms with Gasteiger partial charge in [0.1, 0.15) is 5.75 Å². The van der Waals surface area contributed by atoms with E-state index in [1.54, 1.807) is 0 Å². The zero-order chi connectivity index (χ0) is 10.7. The van der Waals surface area contributed by atoms with Gasteiger partial charge in [0.15, 0.2) is 0 Å². The van der Waals surface area contributed by atoms with Gasteiger partial charge < -0.3 is 10.8 Å². The predicted molar refractivity (Wildman–Crippen MR) is 59.5 cm³/mol. The summed E-state index contributed by atoms with van der Waals surface area (Å²) in [6.45, 7) is 6.66. The van der Waals surface area contributed by atoms with Gasteiger partial charge in [0.2, 0.25) is 0 Å². The molecular formula is C12H19NO. The van der Waals surface area contributed by atoms with Gasteiger partial charge in [-0.2, -0.15) is 0 Å². The van der Waals surface area contributed by atoms with Crippen LogP contribution >= 0.6 is 0 Å². The van der Waals surface area contributed by atoms with Crippen LogP contribution in [0.5, 0.6) is 5.75 Å². The second-order valence-corrected chi connectivity index (χ2v) is 3.85. The molecule has 0 saturated heterocycles. The number of phenols is 1. The minimum absolute atomic E-state index is 0.390. The van der Waals surface area contributed by atoms with Crippen LogP contribution in [-0.2, 0) is 13.0 Å². The zero-order valence-corrected chi connectivity index (χ0v) is 9.17. The Kier molecular flexibility index (Phi) is 3.53. The van der Waals surface area contributed by atoms with Gasteiger partial charge in [-0.25, -0.2) is 0 Å². The van der Waals surface area contributed by atoms with E-state index in [0.29, 0.717) is 18.2 Å². The Bertz CT molecular complexity index is 318. The van der Waals surface area contributed by atoms with E-state index in [2.05, 4.69) is 19.9 Å². The van der Waals surface area contributed by atoms with E-state index in [0.717, 1.165) is 23.1 Å². The van der Waals surface area contributed by atoms with Crippen molar-refractivity contribution in [1.29, 1.82) is 0 Å². The first-order valence-electron chi connectivity index (χ1n) is 5.15. The van der Waals surface area contributed by atoms with Crippen LogP contribution in [0.25, 0.3) is 0 Å². The van der Waals surface area contributed by atoms with Gasteiger partial charge >= 0.3 is 0 Å². The second kappa shape index (κ2) is 4.47. The largest absolute Gasteiger partial charge is 0.507 e. The molecule has 0 bridgehead atoms. The van der Waals surface area contributed by atoms with Crippen LogP contribution in [0.2, 0.25) is 0 Å². The van der Waals surface area contributed by atoms with Gasteiger partial charge in [-0.1, -0.05) is 32.9 Å². The molecule has 1 aromatic carbocycles. The molecule has 2 nitrogen and oxygen atoms in total. The minimum Gasteiger partial charge on any atom is -0.507 e. The second-order valence-electron chi connectivity index (χ2n) is 3.85. The number of aromatic hydroxyl groups is 1. The standard InChI is InChI=1S/C12H19NO/c1-4-9-5-6-10(8(2)3)11(7-13)12(9)14/h5-6,8,14H,4,7,13H2,1-3H3. The molecule has 0 aliphatic heterocycles. The predicted octanol–water partition coefficient (Wildman–Crippen LogP) is 2.54. The molecular weight excluding hydrogens is 174 g/mol. The molecule has 0 heterocycles. The van der Waals surface area contributed by atoms with E-state index < -0.39 is 0 Å². The van der Waals surface area contributed by atoms with E-state index in [-0.39, 0.29) is 0 Å². The lowest BCUT2D eigenvalue weighted by molar-refractivity contribution is 0.460. The fourth-order valence-electron chi connectivity index (χ4n) is 1.74. The average molecular weight is 193 g/mol. The molecule has 0 radical (unpaired) electrons. The molecule has 0 fully saturated rings. The first-order valence-corrected chi connectivity index (χ1v) is 5.15. The smallest absolute Gasteiger partial charge is 0.123 e. The van der Waals surface area contributed by atoms with Crippen molar-refractivity contribution in [1.82, 2.24) is 0 Å². The summed E-state index contributed by atoms with van der Waals surface area (Å²) in [5.74, 6) is 0.798. The quantitative estimate of drug-likeness (QED) is 0.775. The van der Waals surface area contributed by atoms with E-state index in [4.69, 9.17) is 5.73 Å². The molecule has 1 aromatic rings. The first-order chi connectivity index (χ1) is 6.61. The van der Waals surface area contributed by atoms with Crippen LogP contribution in [0, 0.1) is 0 Å². The summed E-state index contributed by atoms with van der Waals surface area (Å²) >= 11 is 0. The number of hydrogen-bond acceptors (Lipinski definition) is 2. The number of phenolic OH excluding ortho intramolecular Hbond substituents is 1. The van der Waals surface area contributed by atoms with Gasteiger partial charge in [-0.05, 0) is 23.5 Å². The van der Waals surface area contributed by atoms with Crippen molar-refractivity contribution in [3.05, 3.63) is 28.8 Å². The molecule has 2 heteroatoms. The third-order valence-electron chi connectivity index (χ3n) is 2.61. The van der Waals surface area contributed by atoms with Crippen LogP contribution in [0.4, 0.5) is 0 Å². The SMILES string of the molecule is CCc1ccc(C(C)C)c(CN)c1O. The van der Waals surface area contributed by atoms with Crippen LogP contribution < -0.4 is 5.73 Å². The molecule has 3 N–H and O–H groups in total. The Labute approximate surface area is 85.8 Å². The highest BCUT2D eigenvalue weighted by Crippen LogP contribution is 2.30. The zero-order valence-electron chi connectivity index (χ0n) is 9.17. The Hall–Kier alpha value is -1.02. The van der Waals surface area contributed by atoms with Crippen molar-refractivity contribution in [2.75, 3.05) is 0 Å². The van der Waals surface area contributed by atoms with E-state index >= 15 is 0 Å². The van der Waals surface area contributed by atoms with E-state index in [9.17, 15) is 5.11 Å². The Balaban J connectivity index is 3.28. The van der Waals surface area contributed by atoms with Crippen LogP contribution in [0.1, 0.15) is 43.4 Å². The van der Waals surface area contributed by atoms with Crippen molar-refractivity contribution in [3.63, 3.8) is 0 Å². The molecule has 0 atom stereocenters. The Morgan fingerprint density at radius 1 is 1.36 bits per heavy atom. The number of nitrogens with two attached hydrogens (primary N) is 1. The number of rotatable bonds is 3. The fraction of sp³-hybridized carbons (Fsp3) is 0.500. The van der Waals surface area contributed by atoms with Gasteiger partial charge in [0.05, 0.1) is 0 Å². The van der Waals surface area contributed by atoms with Gasteiger partial charge in [0, 0.05) is 12.1 Å². The molecule has 0 amide bonds.